The van der Waals surface area contributed by atoms with Crippen molar-refractivity contribution in [3.8, 4) is 0 Å². The van der Waals surface area contributed by atoms with Gasteiger partial charge in [0.05, 0.1) is 11.0 Å². The predicted octanol–water partition coefficient (Wildman–Crippen LogP) is 5.69. The van der Waals surface area contributed by atoms with Crippen LogP contribution in [-0.2, 0) is 14.8 Å². The number of ether oxygens (including phenoxy) is 1. The van der Waals surface area contributed by atoms with E-state index in [1.54, 1.807) is 35.6 Å². The van der Waals surface area contributed by atoms with Gasteiger partial charge in [-0.15, -0.1) is 0 Å². The molecule has 0 radical (unpaired) electrons. The Bertz CT molecular complexity index is 771. The van der Waals surface area contributed by atoms with Crippen LogP contribution in [0, 0.1) is 5.92 Å². The highest BCUT2D eigenvalue weighted by Gasteiger charge is 2.31. The van der Waals surface area contributed by atoms with Gasteiger partial charge in [0.15, 0.2) is 0 Å². The Balaban J connectivity index is 1.27. The lowest BCUT2D eigenvalue weighted by Crippen LogP contribution is -2.40. The van der Waals surface area contributed by atoms with Crippen molar-refractivity contribution in [2.24, 2.45) is 5.92 Å². The molecule has 1 aromatic rings. The molecule has 32 heavy (non-hydrogen) atoms. The van der Waals surface area contributed by atoms with E-state index in [0.717, 1.165) is 49.1 Å². The molecule has 0 aromatic heterocycles. The highest BCUT2D eigenvalue weighted by Crippen LogP contribution is 2.29. The molecule has 0 bridgehead atoms. The molecule has 0 unspecified atom stereocenters. The van der Waals surface area contributed by atoms with E-state index >= 15 is 0 Å². The molecule has 2 fully saturated rings. The van der Waals surface area contributed by atoms with Crippen LogP contribution in [0.1, 0.15) is 71.1 Å². The van der Waals surface area contributed by atoms with Crippen molar-refractivity contribution in [1.82, 2.24) is 9.21 Å². The Morgan fingerprint density at radius 3 is 2.25 bits per heavy atom. The third-order valence-electron chi connectivity index (χ3n) is 7.25. The normalized spacial score (nSPS) is 23.6. The molecule has 1 heterocycles. The summed E-state index contributed by atoms with van der Waals surface area (Å²) in [5.41, 5.74) is 0. The second kappa shape index (κ2) is 12.8. The van der Waals surface area contributed by atoms with E-state index in [9.17, 15) is 8.42 Å². The first-order valence-corrected chi connectivity index (χ1v) is 14.7. The van der Waals surface area contributed by atoms with Gasteiger partial charge < -0.3 is 9.64 Å². The number of nitrogens with zero attached hydrogens (tertiary/aromatic N) is 2. The molecule has 1 aliphatic carbocycles. The van der Waals surface area contributed by atoms with Crippen molar-refractivity contribution in [2.45, 2.75) is 88.2 Å². The van der Waals surface area contributed by atoms with E-state index in [4.69, 9.17) is 4.74 Å². The van der Waals surface area contributed by atoms with Crippen molar-refractivity contribution in [3.63, 3.8) is 0 Å². The maximum atomic E-state index is 12.9. The van der Waals surface area contributed by atoms with E-state index < -0.39 is 10.0 Å². The number of piperidine rings is 1. The lowest BCUT2D eigenvalue weighted by atomic mass is 9.93. The summed E-state index contributed by atoms with van der Waals surface area (Å²) < 4.78 is 34.4. The Labute approximate surface area is 204 Å². The number of halogens is 1. The van der Waals surface area contributed by atoms with Crippen molar-refractivity contribution in [3.05, 3.63) is 28.7 Å². The number of benzene rings is 1. The van der Waals surface area contributed by atoms with Crippen LogP contribution in [0.2, 0.25) is 0 Å². The smallest absolute Gasteiger partial charge is 0.243 e. The fourth-order valence-corrected chi connectivity index (χ4v) is 6.55. The minimum Gasteiger partial charge on any atom is -0.378 e. The molecule has 0 atom stereocenters. The fraction of sp³-hybridized carbons (Fsp3) is 0.760. The van der Waals surface area contributed by atoms with Crippen LogP contribution < -0.4 is 0 Å². The van der Waals surface area contributed by atoms with Crippen LogP contribution in [0.25, 0.3) is 0 Å². The van der Waals surface area contributed by atoms with Gasteiger partial charge in [0.2, 0.25) is 10.0 Å². The molecule has 1 aliphatic heterocycles. The molecule has 2 aliphatic rings. The van der Waals surface area contributed by atoms with Gasteiger partial charge in [0.25, 0.3) is 0 Å². The Hall–Kier alpha value is -0.470. The van der Waals surface area contributed by atoms with Gasteiger partial charge >= 0.3 is 0 Å². The molecule has 1 saturated heterocycles. The zero-order valence-electron chi connectivity index (χ0n) is 19.8. The summed E-state index contributed by atoms with van der Waals surface area (Å²) in [6, 6.07) is 6.94. The molecule has 0 amide bonds. The third-order valence-corrected chi connectivity index (χ3v) is 9.70. The first-order valence-electron chi connectivity index (χ1n) is 12.4. The topological polar surface area (TPSA) is 49.9 Å². The van der Waals surface area contributed by atoms with E-state index in [0.29, 0.717) is 4.90 Å². The number of likely N-dealkylation sites (tertiary alicyclic amines) is 1. The average Bonchev–Trinajstić information content (AvgIpc) is 2.80. The van der Waals surface area contributed by atoms with Crippen LogP contribution in [0.5, 0.6) is 0 Å². The van der Waals surface area contributed by atoms with Gasteiger partial charge in [-0.05, 0) is 101 Å². The minimum atomic E-state index is -3.45. The van der Waals surface area contributed by atoms with E-state index in [2.05, 4.69) is 27.8 Å². The number of sulfonamides is 1. The monoisotopic (exact) mass is 528 g/mol. The van der Waals surface area contributed by atoms with Gasteiger partial charge in [-0.25, -0.2) is 8.42 Å². The van der Waals surface area contributed by atoms with E-state index in [1.807, 2.05) is 0 Å². The maximum absolute atomic E-state index is 12.9. The first kappa shape index (κ1) is 26.1. The SMILES string of the molecule is CC1CCN(CCCCCCO[C@H]2CC[C@H](N(C)S(=O)(=O)c3ccc(Br)cc3)CC2)CC1. The summed E-state index contributed by atoms with van der Waals surface area (Å²) in [7, 11) is -1.73. The van der Waals surface area contributed by atoms with Gasteiger partial charge in [0, 0.05) is 24.2 Å². The van der Waals surface area contributed by atoms with Gasteiger partial charge in [-0.3, -0.25) is 0 Å². The zero-order valence-corrected chi connectivity index (χ0v) is 22.2. The number of rotatable bonds is 11. The van der Waals surface area contributed by atoms with E-state index in [1.165, 1.54) is 51.7 Å². The molecule has 7 heteroatoms. The summed E-state index contributed by atoms with van der Waals surface area (Å²) in [4.78, 5) is 2.99. The lowest BCUT2D eigenvalue weighted by molar-refractivity contribution is 0.0156. The summed E-state index contributed by atoms with van der Waals surface area (Å²) in [5.74, 6) is 0.912. The second-order valence-electron chi connectivity index (χ2n) is 9.71. The minimum absolute atomic E-state index is 0.0567. The van der Waals surface area contributed by atoms with Gasteiger partial charge in [-0.2, -0.15) is 4.31 Å². The highest BCUT2D eigenvalue weighted by molar-refractivity contribution is 9.10. The molecule has 1 aromatic carbocycles. The Morgan fingerprint density at radius 2 is 1.59 bits per heavy atom. The molecule has 0 spiro atoms. The molecule has 5 nitrogen and oxygen atoms in total. The summed E-state index contributed by atoms with van der Waals surface area (Å²) in [6.45, 7) is 7.03. The molecule has 0 N–H and O–H groups in total. The first-order chi connectivity index (χ1) is 15.4. The summed E-state index contributed by atoms with van der Waals surface area (Å²) in [5, 5.41) is 0. The quantitative estimate of drug-likeness (QED) is 0.346. The molecular weight excluding hydrogens is 488 g/mol. The maximum Gasteiger partial charge on any atom is 0.243 e. The summed E-state index contributed by atoms with van der Waals surface area (Å²) in [6.07, 6.45) is 11.6. The molecule has 1 saturated carbocycles. The van der Waals surface area contributed by atoms with Crippen LogP contribution in [-0.4, -0.2) is 63.1 Å². The summed E-state index contributed by atoms with van der Waals surface area (Å²) >= 11 is 3.36. The van der Waals surface area contributed by atoms with Crippen molar-refractivity contribution in [2.75, 3.05) is 33.3 Å². The lowest BCUT2D eigenvalue weighted by Gasteiger charge is -2.34. The van der Waals surface area contributed by atoms with Gasteiger partial charge in [-0.1, -0.05) is 35.7 Å². The standard InChI is InChI=1S/C25H41BrN2O3S/c1-21-15-18-28(19-16-21)17-5-3-4-6-20-31-24-11-9-23(10-12-24)27(2)32(29,30)25-13-7-22(26)8-14-25/h7-8,13-14,21,23-24H,3-6,9-12,15-20H2,1-2H3/t23-,24-. The second-order valence-corrected chi connectivity index (χ2v) is 12.6. The van der Waals surface area contributed by atoms with Gasteiger partial charge in [0.1, 0.15) is 0 Å². The van der Waals surface area contributed by atoms with Crippen molar-refractivity contribution in [1.29, 1.82) is 0 Å². The molecule has 182 valence electrons. The van der Waals surface area contributed by atoms with Crippen LogP contribution in [0.4, 0.5) is 0 Å². The van der Waals surface area contributed by atoms with Crippen molar-refractivity contribution < 1.29 is 13.2 Å². The van der Waals surface area contributed by atoms with Crippen molar-refractivity contribution >= 4 is 26.0 Å². The number of hydrogen-bond acceptors (Lipinski definition) is 4. The molecular formula is C25H41BrN2O3S. The number of hydrogen-bond donors (Lipinski definition) is 0. The highest BCUT2D eigenvalue weighted by atomic mass is 79.9. The Morgan fingerprint density at radius 1 is 0.969 bits per heavy atom. The van der Waals surface area contributed by atoms with E-state index in [-0.39, 0.29) is 12.1 Å². The Kier molecular flexibility index (Phi) is 10.5. The molecule has 3 rings (SSSR count). The van der Waals surface area contributed by atoms with Crippen LogP contribution >= 0.6 is 15.9 Å². The number of unbranched alkanes of at least 4 members (excludes halogenated alkanes) is 3. The van der Waals surface area contributed by atoms with Crippen LogP contribution in [0.15, 0.2) is 33.6 Å². The third kappa shape index (κ3) is 7.79. The largest absolute Gasteiger partial charge is 0.378 e. The predicted molar refractivity (Wildman–Crippen MR) is 134 cm³/mol. The van der Waals surface area contributed by atoms with Crippen LogP contribution in [0.3, 0.4) is 0 Å². The fourth-order valence-electron chi connectivity index (χ4n) is 4.87. The zero-order chi connectivity index (χ0) is 23.0. The average molecular weight is 530 g/mol.